The van der Waals surface area contributed by atoms with Crippen molar-refractivity contribution in [3.05, 3.63) is 35.9 Å². The monoisotopic (exact) mass is 346 g/mol. The molecular formula is C19H26N2O4. The van der Waals surface area contributed by atoms with E-state index in [0.717, 1.165) is 12.0 Å². The number of amides is 1. The van der Waals surface area contributed by atoms with Gasteiger partial charge in [-0.1, -0.05) is 30.3 Å². The van der Waals surface area contributed by atoms with Crippen LogP contribution in [0.1, 0.15) is 32.8 Å². The van der Waals surface area contributed by atoms with Crippen LogP contribution in [-0.4, -0.2) is 59.2 Å². The fraction of sp³-hybridized carbons (Fsp3) is 0.579. The van der Waals surface area contributed by atoms with Crippen LogP contribution in [0, 0.1) is 0 Å². The van der Waals surface area contributed by atoms with E-state index in [2.05, 4.69) is 4.90 Å². The molecular weight excluding hydrogens is 320 g/mol. The Morgan fingerprint density at radius 2 is 1.88 bits per heavy atom. The molecule has 3 rings (SSSR count). The molecule has 1 aromatic carbocycles. The molecule has 3 atom stereocenters. The Balaban J connectivity index is 1.78. The standard InChI is InChI=1S/C19H26N2O4/c1-19(2,3)25-18(23)21-12-14-10-15(21)16(17(22)24-4)20(14)11-13-8-6-5-7-9-13/h5-9,14-16H,10-12H2,1-4H3/t14-,15-,16-/m0/s1. The van der Waals surface area contributed by atoms with Crippen LogP contribution < -0.4 is 0 Å². The van der Waals surface area contributed by atoms with Crippen molar-refractivity contribution < 1.29 is 19.1 Å². The normalized spacial score (nSPS) is 25.9. The van der Waals surface area contributed by atoms with E-state index in [-0.39, 0.29) is 24.1 Å². The lowest BCUT2D eigenvalue weighted by Gasteiger charge is -2.39. The first-order valence-electron chi connectivity index (χ1n) is 8.67. The zero-order valence-electron chi connectivity index (χ0n) is 15.3. The van der Waals surface area contributed by atoms with Gasteiger partial charge in [0.15, 0.2) is 0 Å². The molecule has 6 nitrogen and oxygen atoms in total. The van der Waals surface area contributed by atoms with E-state index in [1.165, 1.54) is 7.11 Å². The lowest BCUT2D eigenvalue weighted by atomic mass is 10.1. The lowest BCUT2D eigenvalue weighted by Crippen LogP contribution is -2.58. The molecule has 2 bridgehead atoms. The Morgan fingerprint density at radius 1 is 1.20 bits per heavy atom. The molecule has 2 saturated heterocycles. The predicted molar refractivity (Wildman–Crippen MR) is 92.9 cm³/mol. The largest absolute Gasteiger partial charge is 0.468 e. The maximum Gasteiger partial charge on any atom is 0.410 e. The van der Waals surface area contributed by atoms with Gasteiger partial charge in [-0.05, 0) is 32.8 Å². The fourth-order valence-electron chi connectivity index (χ4n) is 3.80. The number of benzene rings is 1. The van der Waals surface area contributed by atoms with E-state index in [1.54, 1.807) is 4.90 Å². The van der Waals surface area contributed by atoms with Crippen molar-refractivity contribution in [1.29, 1.82) is 0 Å². The summed E-state index contributed by atoms with van der Waals surface area (Å²) in [6.45, 7) is 6.79. The van der Waals surface area contributed by atoms with Crippen LogP contribution in [0.5, 0.6) is 0 Å². The molecule has 2 fully saturated rings. The first-order valence-corrected chi connectivity index (χ1v) is 8.67. The van der Waals surface area contributed by atoms with E-state index in [0.29, 0.717) is 13.1 Å². The van der Waals surface area contributed by atoms with Gasteiger partial charge in [-0.2, -0.15) is 0 Å². The molecule has 1 aromatic rings. The number of carbonyl (C=O) groups is 2. The topological polar surface area (TPSA) is 59.1 Å². The number of likely N-dealkylation sites (tertiary alicyclic amines) is 2. The fourth-order valence-corrected chi connectivity index (χ4v) is 3.80. The summed E-state index contributed by atoms with van der Waals surface area (Å²) in [6, 6.07) is 9.54. The van der Waals surface area contributed by atoms with Crippen LogP contribution >= 0.6 is 0 Å². The van der Waals surface area contributed by atoms with Crippen molar-refractivity contribution in [2.45, 2.75) is 57.5 Å². The quantitative estimate of drug-likeness (QED) is 0.787. The number of esters is 1. The van der Waals surface area contributed by atoms with Gasteiger partial charge in [0.25, 0.3) is 0 Å². The van der Waals surface area contributed by atoms with Crippen molar-refractivity contribution >= 4 is 12.1 Å². The summed E-state index contributed by atoms with van der Waals surface area (Å²) >= 11 is 0. The average Bonchev–Trinajstić information content (AvgIpc) is 3.12. The number of hydrogen-bond donors (Lipinski definition) is 0. The highest BCUT2D eigenvalue weighted by atomic mass is 16.6. The highest BCUT2D eigenvalue weighted by molar-refractivity contribution is 5.80. The average molecular weight is 346 g/mol. The zero-order valence-corrected chi connectivity index (χ0v) is 15.3. The van der Waals surface area contributed by atoms with Gasteiger partial charge >= 0.3 is 12.1 Å². The van der Waals surface area contributed by atoms with Gasteiger partial charge in [0.2, 0.25) is 0 Å². The van der Waals surface area contributed by atoms with Gasteiger partial charge in [0.1, 0.15) is 11.6 Å². The number of piperazine rings is 1. The molecule has 6 heteroatoms. The van der Waals surface area contributed by atoms with Gasteiger partial charge in [-0.25, -0.2) is 4.79 Å². The summed E-state index contributed by atoms with van der Waals surface area (Å²) in [4.78, 5) is 28.8. The highest BCUT2D eigenvalue weighted by Crippen LogP contribution is 2.38. The van der Waals surface area contributed by atoms with Gasteiger partial charge in [-0.15, -0.1) is 0 Å². The molecule has 2 heterocycles. The molecule has 0 radical (unpaired) electrons. The Labute approximate surface area is 148 Å². The molecule has 0 spiro atoms. The summed E-state index contributed by atoms with van der Waals surface area (Å²) in [6.07, 6.45) is 0.416. The number of nitrogens with zero attached hydrogens (tertiary/aromatic N) is 2. The van der Waals surface area contributed by atoms with Crippen LogP contribution in [0.2, 0.25) is 0 Å². The number of hydrogen-bond acceptors (Lipinski definition) is 5. The second-order valence-electron chi connectivity index (χ2n) is 7.72. The number of methoxy groups -OCH3 is 1. The van der Waals surface area contributed by atoms with Crippen molar-refractivity contribution in [2.24, 2.45) is 0 Å². The molecule has 2 aliphatic rings. The minimum absolute atomic E-state index is 0.141. The lowest BCUT2D eigenvalue weighted by molar-refractivity contribution is -0.149. The van der Waals surface area contributed by atoms with E-state index in [1.807, 2.05) is 51.1 Å². The second-order valence-corrected chi connectivity index (χ2v) is 7.72. The van der Waals surface area contributed by atoms with Gasteiger partial charge in [0, 0.05) is 19.1 Å². The third kappa shape index (κ3) is 3.63. The van der Waals surface area contributed by atoms with Gasteiger partial charge < -0.3 is 14.4 Å². The van der Waals surface area contributed by atoms with E-state index in [4.69, 9.17) is 9.47 Å². The first kappa shape index (κ1) is 17.7. The van der Waals surface area contributed by atoms with Crippen LogP contribution in [-0.2, 0) is 20.8 Å². The third-order valence-electron chi connectivity index (χ3n) is 4.79. The summed E-state index contributed by atoms with van der Waals surface area (Å²) in [7, 11) is 1.40. The maximum atomic E-state index is 12.5. The molecule has 0 aliphatic carbocycles. The summed E-state index contributed by atoms with van der Waals surface area (Å²) in [5.74, 6) is -0.295. The Kier molecular flexibility index (Phi) is 4.73. The molecule has 0 aromatic heterocycles. The maximum absolute atomic E-state index is 12.5. The Hall–Kier alpha value is -2.08. The summed E-state index contributed by atoms with van der Waals surface area (Å²) < 4.78 is 10.5. The van der Waals surface area contributed by atoms with Crippen molar-refractivity contribution in [2.75, 3.05) is 13.7 Å². The smallest absolute Gasteiger partial charge is 0.410 e. The van der Waals surface area contributed by atoms with Crippen LogP contribution in [0.3, 0.4) is 0 Å². The number of rotatable bonds is 3. The molecule has 2 aliphatic heterocycles. The van der Waals surface area contributed by atoms with E-state index >= 15 is 0 Å². The summed E-state index contributed by atoms with van der Waals surface area (Å²) in [5.41, 5.74) is 0.594. The SMILES string of the molecule is COC(=O)[C@@H]1[C@@H]2C[C@@H](CN2C(=O)OC(C)(C)C)N1Cc1ccccc1. The number of fused-ring (bicyclic) bond motifs is 2. The van der Waals surface area contributed by atoms with Crippen LogP contribution in [0.25, 0.3) is 0 Å². The van der Waals surface area contributed by atoms with Gasteiger partial charge in [0.05, 0.1) is 13.2 Å². The van der Waals surface area contributed by atoms with Crippen molar-refractivity contribution in [3.63, 3.8) is 0 Å². The second kappa shape index (κ2) is 6.67. The molecule has 0 saturated carbocycles. The third-order valence-corrected chi connectivity index (χ3v) is 4.79. The molecule has 0 unspecified atom stereocenters. The van der Waals surface area contributed by atoms with Crippen molar-refractivity contribution in [3.8, 4) is 0 Å². The highest BCUT2D eigenvalue weighted by Gasteiger charge is 2.55. The van der Waals surface area contributed by atoms with Gasteiger partial charge in [-0.3, -0.25) is 9.69 Å². The zero-order chi connectivity index (χ0) is 18.2. The molecule has 25 heavy (non-hydrogen) atoms. The molecule has 136 valence electrons. The van der Waals surface area contributed by atoms with E-state index < -0.39 is 11.6 Å². The summed E-state index contributed by atoms with van der Waals surface area (Å²) in [5, 5.41) is 0. The van der Waals surface area contributed by atoms with Crippen LogP contribution in [0.4, 0.5) is 4.79 Å². The number of ether oxygens (including phenoxy) is 2. The molecule has 1 amide bonds. The van der Waals surface area contributed by atoms with E-state index in [9.17, 15) is 9.59 Å². The first-order chi connectivity index (χ1) is 11.8. The Bertz CT molecular complexity index is 641. The van der Waals surface area contributed by atoms with Crippen molar-refractivity contribution in [1.82, 2.24) is 9.80 Å². The predicted octanol–water partition coefficient (Wildman–Crippen LogP) is 2.42. The molecule has 0 N–H and O–H groups in total. The van der Waals surface area contributed by atoms with Crippen LogP contribution in [0.15, 0.2) is 30.3 Å². The Morgan fingerprint density at radius 3 is 2.48 bits per heavy atom. The minimum Gasteiger partial charge on any atom is -0.468 e. The number of carbonyl (C=O) groups excluding carboxylic acids is 2. The minimum atomic E-state index is -0.552.